The Hall–Kier alpha value is 0.610. The summed E-state index contributed by atoms with van der Waals surface area (Å²) in [6.45, 7) is 5.54. The molecule has 1 aliphatic rings. The van der Waals surface area contributed by atoms with Crippen LogP contribution in [-0.4, -0.2) is 49.5 Å². The van der Waals surface area contributed by atoms with Gasteiger partial charge in [-0.15, -0.1) is 24.0 Å². The summed E-state index contributed by atoms with van der Waals surface area (Å²) in [5.41, 5.74) is 0. The second-order valence-corrected chi connectivity index (χ2v) is 3.59. The van der Waals surface area contributed by atoms with Crippen molar-refractivity contribution < 1.29 is 9.84 Å². The van der Waals surface area contributed by atoms with E-state index in [4.69, 9.17) is 9.84 Å². The summed E-state index contributed by atoms with van der Waals surface area (Å²) in [5.74, 6) is 0. The van der Waals surface area contributed by atoms with Gasteiger partial charge in [0.25, 0.3) is 0 Å². The first-order chi connectivity index (χ1) is 6.43. The fourth-order valence-electron chi connectivity index (χ4n) is 1.63. The Bertz CT molecular complexity index is 119. The largest absolute Gasteiger partial charge is 0.396 e. The standard InChI is InChI=1S/C10H21NO2.HI/c12-8-4-2-1-3-5-11-6-9-13-10-7-11;/h12H,1-10H2;1H. The third-order valence-corrected chi connectivity index (χ3v) is 2.49. The average Bonchev–Trinajstić information content (AvgIpc) is 2.19. The molecule has 86 valence electrons. The van der Waals surface area contributed by atoms with Gasteiger partial charge in [-0.05, 0) is 19.4 Å². The number of hydrogen-bond donors (Lipinski definition) is 1. The Morgan fingerprint density at radius 2 is 1.64 bits per heavy atom. The van der Waals surface area contributed by atoms with Crippen molar-refractivity contribution >= 4 is 24.0 Å². The third-order valence-electron chi connectivity index (χ3n) is 2.49. The molecular weight excluding hydrogens is 293 g/mol. The van der Waals surface area contributed by atoms with Gasteiger partial charge in [-0.1, -0.05) is 12.8 Å². The van der Waals surface area contributed by atoms with Crippen LogP contribution in [0.15, 0.2) is 0 Å². The Kier molecular flexibility index (Phi) is 10.6. The van der Waals surface area contributed by atoms with E-state index in [0.717, 1.165) is 32.7 Å². The molecule has 0 saturated carbocycles. The van der Waals surface area contributed by atoms with Gasteiger partial charge in [0.05, 0.1) is 13.2 Å². The zero-order valence-corrected chi connectivity index (χ0v) is 11.1. The van der Waals surface area contributed by atoms with Gasteiger partial charge in [0.2, 0.25) is 0 Å². The summed E-state index contributed by atoms with van der Waals surface area (Å²) in [4.78, 5) is 2.46. The SMILES string of the molecule is I.OCCCCCCN1CCOCC1. The van der Waals surface area contributed by atoms with Crippen molar-refractivity contribution in [2.75, 3.05) is 39.5 Å². The van der Waals surface area contributed by atoms with E-state index in [1.54, 1.807) is 0 Å². The molecule has 14 heavy (non-hydrogen) atoms. The zero-order chi connectivity index (χ0) is 9.36. The Balaban J connectivity index is 0.00000169. The highest BCUT2D eigenvalue weighted by Gasteiger charge is 2.08. The van der Waals surface area contributed by atoms with Crippen molar-refractivity contribution in [2.24, 2.45) is 0 Å². The number of nitrogens with zero attached hydrogens (tertiary/aromatic N) is 1. The highest BCUT2D eigenvalue weighted by atomic mass is 127. The van der Waals surface area contributed by atoms with Gasteiger partial charge < -0.3 is 9.84 Å². The molecular formula is C10H22INO2. The van der Waals surface area contributed by atoms with Gasteiger partial charge in [-0.3, -0.25) is 4.90 Å². The molecule has 4 heteroatoms. The summed E-state index contributed by atoms with van der Waals surface area (Å²) >= 11 is 0. The maximum atomic E-state index is 8.59. The molecule has 0 aromatic carbocycles. The van der Waals surface area contributed by atoms with Gasteiger partial charge >= 0.3 is 0 Å². The van der Waals surface area contributed by atoms with Crippen LogP contribution >= 0.6 is 24.0 Å². The van der Waals surface area contributed by atoms with Crippen molar-refractivity contribution in [2.45, 2.75) is 25.7 Å². The fraction of sp³-hybridized carbons (Fsp3) is 1.00. The monoisotopic (exact) mass is 315 g/mol. The quantitative estimate of drug-likeness (QED) is 0.595. The van der Waals surface area contributed by atoms with E-state index in [1.165, 1.54) is 25.8 Å². The van der Waals surface area contributed by atoms with Crippen LogP contribution in [0.2, 0.25) is 0 Å². The summed E-state index contributed by atoms with van der Waals surface area (Å²) in [7, 11) is 0. The first-order valence-electron chi connectivity index (χ1n) is 5.34. The minimum Gasteiger partial charge on any atom is -0.396 e. The predicted octanol–water partition coefficient (Wildman–Crippen LogP) is 1.49. The highest BCUT2D eigenvalue weighted by molar-refractivity contribution is 14.0. The lowest BCUT2D eigenvalue weighted by molar-refractivity contribution is 0.0371. The van der Waals surface area contributed by atoms with Crippen LogP contribution in [-0.2, 0) is 4.74 Å². The molecule has 1 fully saturated rings. The molecule has 1 saturated heterocycles. The molecule has 1 rings (SSSR count). The van der Waals surface area contributed by atoms with Crippen molar-refractivity contribution in [3.63, 3.8) is 0 Å². The van der Waals surface area contributed by atoms with Gasteiger partial charge in [0.1, 0.15) is 0 Å². The number of aliphatic hydroxyl groups excluding tert-OH is 1. The van der Waals surface area contributed by atoms with Crippen LogP contribution in [0.5, 0.6) is 0 Å². The number of aliphatic hydroxyl groups is 1. The van der Waals surface area contributed by atoms with E-state index in [-0.39, 0.29) is 24.0 Å². The van der Waals surface area contributed by atoms with E-state index in [1.807, 2.05) is 0 Å². The second-order valence-electron chi connectivity index (χ2n) is 3.59. The topological polar surface area (TPSA) is 32.7 Å². The minimum absolute atomic E-state index is 0. The van der Waals surface area contributed by atoms with Gasteiger partial charge in [-0.25, -0.2) is 0 Å². The minimum atomic E-state index is 0. The average molecular weight is 315 g/mol. The fourth-order valence-corrected chi connectivity index (χ4v) is 1.63. The second kappa shape index (κ2) is 10.1. The third kappa shape index (κ3) is 6.98. The first kappa shape index (κ1) is 14.6. The summed E-state index contributed by atoms with van der Waals surface area (Å²) in [5, 5.41) is 8.59. The van der Waals surface area contributed by atoms with Gasteiger partial charge in [0.15, 0.2) is 0 Å². The maximum absolute atomic E-state index is 8.59. The first-order valence-corrected chi connectivity index (χ1v) is 5.34. The molecule has 0 atom stereocenters. The number of ether oxygens (including phenoxy) is 1. The van der Waals surface area contributed by atoms with Crippen LogP contribution in [0.1, 0.15) is 25.7 Å². The van der Waals surface area contributed by atoms with E-state index in [2.05, 4.69) is 4.90 Å². The molecule has 0 aliphatic carbocycles. The van der Waals surface area contributed by atoms with E-state index in [0.29, 0.717) is 6.61 Å². The highest BCUT2D eigenvalue weighted by Crippen LogP contribution is 2.03. The molecule has 0 spiro atoms. The molecule has 0 aromatic heterocycles. The molecule has 0 bridgehead atoms. The molecule has 3 nitrogen and oxygen atoms in total. The predicted molar refractivity (Wildman–Crippen MR) is 68.2 cm³/mol. The van der Waals surface area contributed by atoms with Crippen LogP contribution < -0.4 is 0 Å². The van der Waals surface area contributed by atoms with Gasteiger partial charge in [-0.2, -0.15) is 0 Å². The zero-order valence-electron chi connectivity index (χ0n) is 8.78. The molecule has 1 aliphatic heterocycles. The van der Waals surface area contributed by atoms with Crippen LogP contribution in [0.3, 0.4) is 0 Å². The molecule has 0 amide bonds. The van der Waals surface area contributed by atoms with Crippen LogP contribution in [0.25, 0.3) is 0 Å². The normalized spacial score (nSPS) is 17.8. The summed E-state index contributed by atoms with van der Waals surface area (Å²) in [6, 6.07) is 0. The van der Waals surface area contributed by atoms with Crippen molar-refractivity contribution in [1.82, 2.24) is 4.90 Å². The Morgan fingerprint density at radius 1 is 1.00 bits per heavy atom. The van der Waals surface area contributed by atoms with Crippen molar-refractivity contribution in [3.8, 4) is 0 Å². The van der Waals surface area contributed by atoms with E-state index in [9.17, 15) is 0 Å². The van der Waals surface area contributed by atoms with Crippen LogP contribution in [0.4, 0.5) is 0 Å². The number of rotatable bonds is 6. The maximum Gasteiger partial charge on any atom is 0.0594 e. The smallest absolute Gasteiger partial charge is 0.0594 e. The van der Waals surface area contributed by atoms with E-state index >= 15 is 0 Å². The van der Waals surface area contributed by atoms with E-state index < -0.39 is 0 Å². The lowest BCUT2D eigenvalue weighted by Crippen LogP contribution is -2.36. The molecule has 1 N–H and O–H groups in total. The molecule has 0 radical (unpaired) electrons. The van der Waals surface area contributed by atoms with Gasteiger partial charge in [0, 0.05) is 19.7 Å². The summed E-state index contributed by atoms with van der Waals surface area (Å²) in [6.07, 6.45) is 4.64. The Morgan fingerprint density at radius 3 is 2.29 bits per heavy atom. The molecule has 0 aromatic rings. The molecule has 0 unspecified atom stereocenters. The summed E-state index contributed by atoms with van der Waals surface area (Å²) < 4.78 is 5.27. The number of halogens is 1. The lowest BCUT2D eigenvalue weighted by atomic mass is 10.2. The molecule has 1 heterocycles. The number of morpholine rings is 1. The van der Waals surface area contributed by atoms with Crippen molar-refractivity contribution in [3.05, 3.63) is 0 Å². The lowest BCUT2D eigenvalue weighted by Gasteiger charge is -2.26. The van der Waals surface area contributed by atoms with Crippen LogP contribution in [0, 0.1) is 0 Å². The number of unbranched alkanes of at least 4 members (excludes halogenated alkanes) is 3. The number of hydrogen-bond acceptors (Lipinski definition) is 3. The van der Waals surface area contributed by atoms with Crippen molar-refractivity contribution in [1.29, 1.82) is 0 Å². The Labute approximate surface area is 104 Å².